The maximum Gasteiger partial charge on any atom is 0.255 e. The summed E-state index contributed by atoms with van der Waals surface area (Å²) in [7, 11) is 3.00. The molecule has 0 radical (unpaired) electrons. The molecule has 2 N–H and O–H groups in total. The highest BCUT2D eigenvalue weighted by Crippen LogP contribution is 2.36. The summed E-state index contributed by atoms with van der Waals surface area (Å²) < 4.78 is 10.7. The van der Waals surface area contributed by atoms with Gasteiger partial charge in [-0.05, 0) is 23.1 Å². The minimum Gasteiger partial charge on any atom is -0.494 e. The summed E-state index contributed by atoms with van der Waals surface area (Å²) in [4.78, 5) is 24.4. The van der Waals surface area contributed by atoms with Crippen molar-refractivity contribution in [1.82, 2.24) is 0 Å². The molecule has 0 spiro atoms. The molecule has 0 aliphatic carbocycles. The Morgan fingerprint density at radius 2 is 1.39 bits per heavy atom. The highest BCUT2D eigenvalue weighted by atomic mass is 16.5. The van der Waals surface area contributed by atoms with E-state index in [0.29, 0.717) is 34.9 Å². The monoisotopic (exact) mass is 384 g/mol. The lowest BCUT2D eigenvalue weighted by molar-refractivity contribution is -0.115. The molecule has 0 unspecified atom stereocenters. The number of methoxy groups -OCH3 is 2. The molecule has 2 aromatic rings. The predicted octanol–water partition coefficient (Wildman–Crippen LogP) is 4.60. The first-order chi connectivity index (χ1) is 13.2. The van der Waals surface area contributed by atoms with Gasteiger partial charge in [0.25, 0.3) is 5.91 Å². The van der Waals surface area contributed by atoms with Crippen LogP contribution in [0.3, 0.4) is 0 Å². The van der Waals surface area contributed by atoms with E-state index in [1.165, 1.54) is 14.2 Å². The molecule has 0 bridgehead atoms. The summed E-state index contributed by atoms with van der Waals surface area (Å²) in [5.41, 5.74) is 2.65. The van der Waals surface area contributed by atoms with E-state index in [-0.39, 0.29) is 17.2 Å². The SMILES string of the molecule is CCC(=O)Nc1cc(OC)c(NC(=O)c2ccc(C(C)(C)C)cc2)cc1OC. The van der Waals surface area contributed by atoms with Crippen LogP contribution >= 0.6 is 0 Å². The van der Waals surface area contributed by atoms with Crippen LogP contribution in [0.15, 0.2) is 36.4 Å². The number of anilines is 2. The second kappa shape index (κ2) is 8.78. The standard InChI is InChI=1S/C22H28N2O4/c1-7-20(25)23-16-12-19(28-6)17(13-18(16)27-5)24-21(26)14-8-10-15(11-9-14)22(2,3)4/h8-13H,7H2,1-6H3,(H,23,25)(H,24,26). The molecule has 0 fully saturated rings. The molecule has 2 rings (SSSR count). The van der Waals surface area contributed by atoms with E-state index in [9.17, 15) is 9.59 Å². The van der Waals surface area contributed by atoms with Crippen LogP contribution in [0.2, 0.25) is 0 Å². The highest BCUT2D eigenvalue weighted by molar-refractivity contribution is 6.05. The topological polar surface area (TPSA) is 76.7 Å². The molecule has 0 aliphatic rings. The number of nitrogens with one attached hydrogen (secondary N) is 2. The minimum atomic E-state index is -0.258. The normalized spacial score (nSPS) is 10.9. The van der Waals surface area contributed by atoms with Crippen LogP contribution in [-0.4, -0.2) is 26.0 Å². The van der Waals surface area contributed by atoms with Crippen LogP contribution in [0.5, 0.6) is 11.5 Å². The summed E-state index contributed by atoms with van der Waals surface area (Å²) >= 11 is 0. The second-order valence-corrected chi connectivity index (χ2v) is 7.44. The van der Waals surface area contributed by atoms with Crippen LogP contribution in [0.1, 0.15) is 50.0 Å². The van der Waals surface area contributed by atoms with E-state index >= 15 is 0 Å². The molecule has 28 heavy (non-hydrogen) atoms. The molecule has 0 aliphatic heterocycles. The van der Waals surface area contributed by atoms with Crippen LogP contribution in [0.4, 0.5) is 11.4 Å². The van der Waals surface area contributed by atoms with Crippen LogP contribution in [-0.2, 0) is 10.2 Å². The number of rotatable bonds is 6. The van der Waals surface area contributed by atoms with E-state index in [1.807, 2.05) is 12.1 Å². The lowest BCUT2D eigenvalue weighted by Crippen LogP contribution is -2.15. The molecule has 0 saturated heterocycles. The zero-order valence-corrected chi connectivity index (χ0v) is 17.3. The summed E-state index contributed by atoms with van der Waals surface area (Å²) in [6.45, 7) is 8.13. The summed E-state index contributed by atoms with van der Waals surface area (Å²) in [6, 6.07) is 10.8. The number of hydrogen-bond acceptors (Lipinski definition) is 4. The fourth-order valence-electron chi connectivity index (χ4n) is 2.65. The Kier molecular flexibility index (Phi) is 6.67. The van der Waals surface area contributed by atoms with Crippen molar-refractivity contribution >= 4 is 23.2 Å². The first kappa shape index (κ1) is 21.3. The number of ether oxygens (including phenoxy) is 2. The molecule has 2 aromatic carbocycles. The number of carbonyl (C=O) groups is 2. The van der Waals surface area contributed by atoms with Crippen molar-refractivity contribution in [3.05, 3.63) is 47.5 Å². The predicted molar refractivity (Wildman–Crippen MR) is 112 cm³/mol. The van der Waals surface area contributed by atoms with Crippen LogP contribution in [0.25, 0.3) is 0 Å². The largest absolute Gasteiger partial charge is 0.494 e. The van der Waals surface area contributed by atoms with Crippen LogP contribution < -0.4 is 20.1 Å². The number of carbonyl (C=O) groups excluding carboxylic acids is 2. The lowest BCUT2D eigenvalue weighted by Gasteiger charge is -2.19. The molecule has 0 heterocycles. The Labute approximate surface area is 166 Å². The Hall–Kier alpha value is -3.02. The number of amides is 2. The molecule has 0 atom stereocenters. The fourth-order valence-corrected chi connectivity index (χ4v) is 2.65. The Morgan fingerprint density at radius 1 is 0.893 bits per heavy atom. The van der Waals surface area contributed by atoms with Crippen molar-refractivity contribution in [2.45, 2.75) is 39.5 Å². The minimum absolute atomic E-state index is 0.0182. The van der Waals surface area contributed by atoms with Gasteiger partial charge in [0.1, 0.15) is 11.5 Å². The molecule has 2 amide bonds. The van der Waals surface area contributed by atoms with Crippen molar-refractivity contribution in [2.24, 2.45) is 0 Å². The lowest BCUT2D eigenvalue weighted by atomic mass is 9.87. The van der Waals surface area contributed by atoms with Crippen molar-refractivity contribution in [3.63, 3.8) is 0 Å². The van der Waals surface area contributed by atoms with Gasteiger partial charge in [0.2, 0.25) is 5.91 Å². The number of hydrogen-bond donors (Lipinski definition) is 2. The van der Waals surface area contributed by atoms with Gasteiger partial charge in [-0.2, -0.15) is 0 Å². The van der Waals surface area contributed by atoms with E-state index < -0.39 is 0 Å². The molecule has 6 heteroatoms. The zero-order valence-electron chi connectivity index (χ0n) is 17.3. The van der Waals surface area contributed by atoms with E-state index in [2.05, 4.69) is 31.4 Å². The Bertz CT molecular complexity index is 852. The summed E-state index contributed by atoms with van der Waals surface area (Å²) in [5, 5.41) is 5.61. The average Bonchev–Trinajstić information content (AvgIpc) is 2.67. The molecule has 6 nitrogen and oxygen atoms in total. The number of benzene rings is 2. The molecule has 0 aromatic heterocycles. The third kappa shape index (κ3) is 5.03. The van der Waals surface area contributed by atoms with Crippen molar-refractivity contribution in [3.8, 4) is 11.5 Å². The van der Waals surface area contributed by atoms with Crippen LogP contribution in [0, 0.1) is 0 Å². The quantitative estimate of drug-likeness (QED) is 0.763. The van der Waals surface area contributed by atoms with Gasteiger partial charge < -0.3 is 20.1 Å². The Morgan fingerprint density at radius 3 is 1.82 bits per heavy atom. The van der Waals surface area contributed by atoms with Gasteiger partial charge in [-0.3, -0.25) is 9.59 Å². The first-order valence-electron chi connectivity index (χ1n) is 9.17. The van der Waals surface area contributed by atoms with Gasteiger partial charge in [0.05, 0.1) is 25.6 Å². The highest BCUT2D eigenvalue weighted by Gasteiger charge is 2.17. The molecule has 150 valence electrons. The zero-order chi connectivity index (χ0) is 20.9. The van der Waals surface area contributed by atoms with Crippen molar-refractivity contribution < 1.29 is 19.1 Å². The maximum atomic E-state index is 12.7. The summed E-state index contributed by atoms with van der Waals surface area (Å²) in [6.07, 6.45) is 0.342. The van der Waals surface area contributed by atoms with Crippen molar-refractivity contribution in [2.75, 3.05) is 24.9 Å². The summed E-state index contributed by atoms with van der Waals surface area (Å²) in [5.74, 6) is 0.454. The van der Waals surface area contributed by atoms with E-state index in [1.54, 1.807) is 31.2 Å². The second-order valence-electron chi connectivity index (χ2n) is 7.44. The van der Waals surface area contributed by atoms with Gasteiger partial charge in [0, 0.05) is 24.1 Å². The first-order valence-corrected chi connectivity index (χ1v) is 9.17. The van der Waals surface area contributed by atoms with Gasteiger partial charge >= 0.3 is 0 Å². The van der Waals surface area contributed by atoms with Gasteiger partial charge in [-0.25, -0.2) is 0 Å². The van der Waals surface area contributed by atoms with Gasteiger partial charge in [0.15, 0.2) is 0 Å². The molecular formula is C22H28N2O4. The van der Waals surface area contributed by atoms with Gasteiger partial charge in [-0.15, -0.1) is 0 Å². The van der Waals surface area contributed by atoms with E-state index in [0.717, 1.165) is 5.56 Å². The maximum absolute atomic E-state index is 12.7. The molecular weight excluding hydrogens is 356 g/mol. The smallest absolute Gasteiger partial charge is 0.255 e. The third-order valence-corrected chi connectivity index (χ3v) is 4.38. The van der Waals surface area contributed by atoms with Gasteiger partial charge in [-0.1, -0.05) is 39.8 Å². The molecule has 0 saturated carbocycles. The fraction of sp³-hybridized carbons (Fsp3) is 0.364. The van der Waals surface area contributed by atoms with Crippen molar-refractivity contribution in [1.29, 1.82) is 0 Å². The Balaban J connectivity index is 2.29. The average molecular weight is 384 g/mol. The third-order valence-electron chi connectivity index (χ3n) is 4.38. The van der Waals surface area contributed by atoms with E-state index in [4.69, 9.17) is 9.47 Å².